The molecule has 0 aliphatic carbocycles. The molecule has 5 atom stereocenters. The predicted molar refractivity (Wildman–Crippen MR) is 82.7 cm³/mol. The van der Waals surface area contributed by atoms with Gasteiger partial charge in [0.1, 0.15) is 30.1 Å². The summed E-state index contributed by atoms with van der Waals surface area (Å²) in [5.41, 5.74) is 1.42. The molecule has 0 radical (unpaired) electrons. The molecule has 5 N–H and O–H groups in total. The largest absolute Gasteiger partial charge is 0.479 e. The molecule has 0 saturated carbocycles. The van der Waals surface area contributed by atoms with Crippen LogP contribution in [0.4, 0.5) is 0 Å². The van der Waals surface area contributed by atoms with E-state index in [1.807, 2.05) is 0 Å². The lowest BCUT2D eigenvalue weighted by Crippen LogP contribution is -2.43. The number of aliphatic imine (C=N–C) groups is 1. The second-order valence-electron chi connectivity index (χ2n) is 5.96. The van der Waals surface area contributed by atoms with E-state index in [1.54, 1.807) is 13.8 Å². The Hall–Kier alpha value is -2.47. The number of nitrogens with zero attached hydrogens (tertiary/aromatic N) is 4. The number of aromatic nitrogens is 2. The normalized spacial score (nSPS) is 29.2. The molecule has 3 rings (SSSR count). The summed E-state index contributed by atoms with van der Waals surface area (Å²) >= 11 is 0. The molecule has 1 unspecified atom stereocenters. The van der Waals surface area contributed by atoms with Gasteiger partial charge in [-0.3, -0.25) is 9.98 Å². The zero-order valence-electron chi connectivity index (χ0n) is 13.4. The van der Waals surface area contributed by atoms with Gasteiger partial charge in [-0.2, -0.15) is 0 Å². The minimum Gasteiger partial charge on any atom is -0.479 e. The monoisotopic (exact) mass is 351 g/mol. The van der Waals surface area contributed by atoms with Crippen molar-refractivity contribution in [3.05, 3.63) is 16.7 Å². The molecular formula is C14H17N5O6. The molecule has 11 heteroatoms. The van der Waals surface area contributed by atoms with E-state index in [2.05, 4.69) is 15.0 Å². The van der Waals surface area contributed by atoms with Gasteiger partial charge in [-0.25, -0.2) is 19.8 Å². The number of imidazole rings is 1. The van der Waals surface area contributed by atoms with Gasteiger partial charge >= 0.3 is 5.97 Å². The molecule has 1 saturated heterocycles. The number of hydrogen-bond donors (Lipinski definition) is 5. The number of fused-ring (bicyclic) bond motifs is 1. The van der Waals surface area contributed by atoms with Gasteiger partial charge < -0.3 is 25.2 Å². The van der Waals surface area contributed by atoms with Crippen molar-refractivity contribution < 1.29 is 30.0 Å². The number of rotatable bonds is 3. The SMILES string of the molecule is CC(C)=c1nc2c(n1[C@@H]1O[C@H](C(O)C(=O)O)[C@@H](O)[C@H]1O)=NC=NC2=N. The third-order valence-electron chi connectivity index (χ3n) is 4.02. The van der Waals surface area contributed by atoms with Crippen LogP contribution in [0.15, 0.2) is 9.98 Å². The number of amidine groups is 1. The first kappa shape index (κ1) is 17.4. The molecule has 2 aliphatic heterocycles. The zero-order valence-corrected chi connectivity index (χ0v) is 13.4. The summed E-state index contributed by atoms with van der Waals surface area (Å²) in [5.74, 6) is -1.71. The molecule has 3 heterocycles. The number of carboxylic acid groups (broad SMARTS) is 1. The standard InChI is InChI=1S/C14H17N5O6/c1-4(2)11-18-5-10(15)16-3-17-12(5)19(11)13-7(21)6(20)9(25-13)8(22)14(23)24/h3,6-9,13,15,20-22H,1-2H3,(H,23,24)/t6-,7+,8?,9-,13+/m0/s1. The maximum absolute atomic E-state index is 11.0. The van der Waals surface area contributed by atoms with Crippen LogP contribution < -0.4 is 11.0 Å². The summed E-state index contributed by atoms with van der Waals surface area (Å²) in [5, 5.41) is 46.9. The summed E-state index contributed by atoms with van der Waals surface area (Å²) in [4.78, 5) is 23.1. The lowest BCUT2D eigenvalue weighted by molar-refractivity contribution is -0.160. The third-order valence-corrected chi connectivity index (χ3v) is 4.02. The van der Waals surface area contributed by atoms with Crippen LogP contribution in [0.1, 0.15) is 25.8 Å². The van der Waals surface area contributed by atoms with E-state index in [0.29, 0.717) is 11.1 Å². The minimum absolute atomic E-state index is 0.124. The Morgan fingerprint density at radius 1 is 1.36 bits per heavy atom. The smallest absolute Gasteiger partial charge is 0.335 e. The van der Waals surface area contributed by atoms with Crippen LogP contribution >= 0.6 is 0 Å². The second kappa shape index (κ2) is 6.11. The van der Waals surface area contributed by atoms with Gasteiger partial charge in [0.15, 0.2) is 29.3 Å². The first-order chi connectivity index (χ1) is 11.7. The maximum atomic E-state index is 11.0. The van der Waals surface area contributed by atoms with Crippen LogP contribution in [0.25, 0.3) is 5.57 Å². The molecule has 2 aliphatic rings. The molecule has 0 spiro atoms. The summed E-state index contributed by atoms with van der Waals surface area (Å²) < 4.78 is 6.82. The van der Waals surface area contributed by atoms with Gasteiger partial charge in [0.05, 0.1) is 0 Å². The van der Waals surface area contributed by atoms with E-state index in [4.69, 9.17) is 15.3 Å². The molecule has 0 amide bonds. The molecule has 0 bridgehead atoms. The second-order valence-corrected chi connectivity index (χ2v) is 5.96. The maximum Gasteiger partial charge on any atom is 0.335 e. The molecule has 134 valence electrons. The summed E-state index contributed by atoms with van der Waals surface area (Å²) in [7, 11) is 0. The van der Waals surface area contributed by atoms with Crippen molar-refractivity contribution >= 4 is 23.7 Å². The fraction of sp³-hybridized carbons (Fsp3) is 0.500. The zero-order chi connectivity index (χ0) is 18.5. The van der Waals surface area contributed by atoms with Crippen molar-refractivity contribution in [2.45, 2.75) is 44.5 Å². The van der Waals surface area contributed by atoms with Crippen LogP contribution in [-0.4, -0.2) is 72.5 Å². The molecular weight excluding hydrogens is 334 g/mol. The minimum atomic E-state index is -2.01. The summed E-state index contributed by atoms with van der Waals surface area (Å²) in [6, 6.07) is 0. The number of nitrogens with one attached hydrogen (secondary N) is 1. The first-order valence-electron chi connectivity index (χ1n) is 7.41. The van der Waals surface area contributed by atoms with Crippen molar-refractivity contribution in [1.82, 2.24) is 9.55 Å². The van der Waals surface area contributed by atoms with E-state index in [-0.39, 0.29) is 17.0 Å². The third kappa shape index (κ3) is 2.66. The van der Waals surface area contributed by atoms with E-state index < -0.39 is 36.6 Å². The van der Waals surface area contributed by atoms with Crippen molar-refractivity contribution in [2.24, 2.45) is 9.98 Å². The van der Waals surface area contributed by atoms with Crippen molar-refractivity contribution in [2.75, 3.05) is 0 Å². The van der Waals surface area contributed by atoms with E-state index in [0.717, 1.165) is 6.34 Å². The first-order valence-corrected chi connectivity index (χ1v) is 7.41. The number of carboxylic acids is 1. The Labute approximate surface area is 140 Å². The quantitative estimate of drug-likeness (QED) is 0.389. The highest BCUT2D eigenvalue weighted by Gasteiger charge is 2.49. The van der Waals surface area contributed by atoms with Gasteiger partial charge in [-0.15, -0.1) is 0 Å². The van der Waals surface area contributed by atoms with Crippen molar-refractivity contribution in [1.29, 1.82) is 5.41 Å². The highest BCUT2D eigenvalue weighted by atomic mass is 16.6. The predicted octanol–water partition coefficient (Wildman–Crippen LogP) is -2.87. The van der Waals surface area contributed by atoms with Gasteiger partial charge in [0, 0.05) is 0 Å². The Morgan fingerprint density at radius 3 is 2.64 bits per heavy atom. The van der Waals surface area contributed by atoms with Gasteiger partial charge in [0.25, 0.3) is 0 Å². The molecule has 1 aromatic heterocycles. The molecule has 25 heavy (non-hydrogen) atoms. The van der Waals surface area contributed by atoms with Crippen LogP contribution in [0.5, 0.6) is 0 Å². The van der Waals surface area contributed by atoms with Crippen LogP contribution in [0, 0.1) is 5.41 Å². The Bertz CT molecular complexity index is 886. The summed E-state index contributed by atoms with van der Waals surface area (Å²) in [6.07, 6.45) is -6.79. The number of hydrogen-bond acceptors (Lipinski definition) is 8. The average molecular weight is 351 g/mol. The Balaban J connectivity index is 2.15. The molecule has 1 aromatic rings. The number of aliphatic carboxylic acids is 1. The van der Waals surface area contributed by atoms with Crippen LogP contribution in [0.2, 0.25) is 0 Å². The molecule has 0 aromatic carbocycles. The van der Waals surface area contributed by atoms with E-state index >= 15 is 0 Å². The number of aliphatic hydroxyl groups is 3. The average Bonchev–Trinajstić information content (AvgIpc) is 3.07. The summed E-state index contributed by atoms with van der Waals surface area (Å²) in [6.45, 7) is 3.49. The molecule has 11 nitrogen and oxygen atoms in total. The fourth-order valence-electron chi connectivity index (χ4n) is 2.80. The van der Waals surface area contributed by atoms with Crippen molar-refractivity contribution in [3.8, 4) is 0 Å². The number of carbonyl (C=O) groups is 1. The number of aliphatic hydroxyl groups excluding tert-OH is 3. The van der Waals surface area contributed by atoms with Crippen LogP contribution in [0.3, 0.4) is 0 Å². The van der Waals surface area contributed by atoms with Crippen LogP contribution in [-0.2, 0) is 9.53 Å². The van der Waals surface area contributed by atoms with Gasteiger partial charge in [-0.1, -0.05) is 0 Å². The lowest BCUT2D eigenvalue weighted by Gasteiger charge is -2.18. The van der Waals surface area contributed by atoms with Gasteiger partial charge in [-0.05, 0) is 19.4 Å². The topological polar surface area (TPSA) is 174 Å². The Morgan fingerprint density at radius 2 is 2.04 bits per heavy atom. The number of ether oxygens (including phenoxy) is 1. The van der Waals surface area contributed by atoms with Crippen molar-refractivity contribution in [3.63, 3.8) is 0 Å². The van der Waals surface area contributed by atoms with E-state index in [1.165, 1.54) is 4.57 Å². The highest BCUT2D eigenvalue weighted by Crippen LogP contribution is 2.30. The lowest BCUT2D eigenvalue weighted by atomic mass is 10.1. The van der Waals surface area contributed by atoms with Gasteiger partial charge in [0.2, 0.25) is 0 Å². The fourth-order valence-corrected chi connectivity index (χ4v) is 2.80. The van der Waals surface area contributed by atoms with E-state index in [9.17, 15) is 20.1 Å². The Kier molecular flexibility index (Phi) is 4.24. The molecule has 1 fully saturated rings. The highest BCUT2D eigenvalue weighted by molar-refractivity contribution is 6.00.